The number of halogens is 1. The maximum atomic E-state index is 12.4. The third-order valence-electron chi connectivity index (χ3n) is 3.24. The molecule has 1 saturated heterocycles. The van der Waals surface area contributed by atoms with E-state index in [-0.39, 0.29) is 11.9 Å². The Bertz CT molecular complexity index is 438. The lowest BCUT2D eigenvalue weighted by Gasteiger charge is -2.27. The fraction of sp³-hybridized carbons (Fsp3) is 0.538. The van der Waals surface area contributed by atoms with Crippen molar-refractivity contribution in [1.29, 1.82) is 0 Å². The Kier molecular flexibility index (Phi) is 4.19. The summed E-state index contributed by atoms with van der Waals surface area (Å²) in [4.78, 5) is 20.6. The van der Waals surface area contributed by atoms with E-state index in [1.807, 2.05) is 4.90 Å². The lowest BCUT2D eigenvalue weighted by molar-refractivity contribution is 0.0690. The highest BCUT2D eigenvalue weighted by Crippen LogP contribution is 2.13. The molecule has 1 atom stereocenters. The third kappa shape index (κ3) is 3.00. The molecule has 0 radical (unpaired) electrons. The number of hydrogen-bond donors (Lipinski definition) is 0. The van der Waals surface area contributed by atoms with Crippen molar-refractivity contribution in [3.63, 3.8) is 0 Å². The van der Waals surface area contributed by atoms with Gasteiger partial charge in [-0.3, -0.25) is 4.79 Å². The first-order chi connectivity index (χ1) is 8.58. The quantitative estimate of drug-likeness (QED) is 0.730. The average Bonchev–Trinajstić information content (AvgIpc) is 2.49. The zero-order chi connectivity index (χ0) is 13.1. The van der Waals surface area contributed by atoms with Gasteiger partial charge in [-0.05, 0) is 39.1 Å². The predicted molar refractivity (Wildman–Crippen MR) is 71.9 cm³/mol. The van der Waals surface area contributed by atoms with Crippen LogP contribution in [0.25, 0.3) is 0 Å². The molecule has 1 aromatic heterocycles. The van der Waals surface area contributed by atoms with Crippen molar-refractivity contribution in [3.05, 3.63) is 29.0 Å². The second-order valence-corrected chi connectivity index (χ2v) is 5.20. The topological polar surface area (TPSA) is 36.4 Å². The first-order valence-corrected chi connectivity index (χ1v) is 6.58. The second-order valence-electron chi connectivity index (χ2n) is 4.81. The van der Waals surface area contributed by atoms with Crippen LogP contribution in [0.2, 0.25) is 5.15 Å². The zero-order valence-corrected chi connectivity index (χ0v) is 11.5. The first-order valence-electron chi connectivity index (χ1n) is 6.20. The molecule has 98 valence electrons. The Balaban J connectivity index is 2.17. The smallest absolute Gasteiger partial charge is 0.272 e. The van der Waals surface area contributed by atoms with Gasteiger partial charge in [0.1, 0.15) is 10.8 Å². The third-order valence-corrected chi connectivity index (χ3v) is 3.45. The fourth-order valence-electron chi connectivity index (χ4n) is 2.35. The van der Waals surface area contributed by atoms with Gasteiger partial charge in [0.25, 0.3) is 5.91 Å². The predicted octanol–water partition coefficient (Wildman–Crippen LogP) is 1.90. The highest BCUT2D eigenvalue weighted by molar-refractivity contribution is 6.29. The van der Waals surface area contributed by atoms with E-state index in [0.717, 1.165) is 26.1 Å². The molecule has 0 bridgehead atoms. The van der Waals surface area contributed by atoms with Gasteiger partial charge < -0.3 is 9.80 Å². The molecule has 1 aliphatic rings. The molecule has 5 heteroatoms. The van der Waals surface area contributed by atoms with E-state index in [9.17, 15) is 4.79 Å². The minimum atomic E-state index is -0.0275. The average molecular weight is 268 g/mol. The summed E-state index contributed by atoms with van der Waals surface area (Å²) in [6, 6.07) is 5.36. The molecule has 1 amide bonds. The molecule has 2 rings (SSSR count). The minimum Gasteiger partial charge on any atom is -0.333 e. The number of carbonyl (C=O) groups is 1. The van der Waals surface area contributed by atoms with Crippen LogP contribution in [0.5, 0.6) is 0 Å². The Hall–Kier alpha value is -1.13. The number of carbonyl (C=O) groups excluding carboxylic acids is 1. The van der Waals surface area contributed by atoms with Crippen LogP contribution >= 0.6 is 11.6 Å². The van der Waals surface area contributed by atoms with Crippen LogP contribution in [0.1, 0.15) is 23.8 Å². The molecule has 1 aromatic rings. The van der Waals surface area contributed by atoms with Crippen LogP contribution < -0.4 is 0 Å². The van der Waals surface area contributed by atoms with Crippen LogP contribution in [0.4, 0.5) is 0 Å². The van der Waals surface area contributed by atoms with Gasteiger partial charge in [0.15, 0.2) is 0 Å². The van der Waals surface area contributed by atoms with E-state index >= 15 is 0 Å². The number of rotatable bonds is 1. The van der Waals surface area contributed by atoms with E-state index in [0.29, 0.717) is 10.8 Å². The van der Waals surface area contributed by atoms with Gasteiger partial charge in [-0.25, -0.2) is 4.98 Å². The summed E-state index contributed by atoms with van der Waals surface area (Å²) in [6.45, 7) is 4.77. The molecule has 1 fully saturated rings. The minimum absolute atomic E-state index is 0.0275. The van der Waals surface area contributed by atoms with Crippen LogP contribution in [-0.2, 0) is 0 Å². The molecule has 1 aliphatic heterocycles. The van der Waals surface area contributed by atoms with Crippen molar-refractivity contribution in [2.75, 3.05) is 26.7 Å². The van der Waals surface area contributed by atoms with E-state index in [2.05, 4.69) is 23.9 Å². The SMILES string of the molecule is CC1CN(C)CCCN1C(=O)c1cccc(Cl)n1. The monoisotopic (exact) mass is 267 g/mol. The van der Waals surface area contributed by atoms with Crippen molar-refractivity contribution in [2.45, 2.75) is 19.4 Å². The Morgan fingerprint density at radius 2 is 2.22 bits per heavy atom. The number of amides is 1. The van der Waals surface area contributed by atoms with Gasteiger partial charge in [-0.15, -0.1) is 0 Å². The normalized spacial score (nSPS) is 21.7. The molecular formula is C13H18ClN3O. The number of nitrogens with zero attached hydrogens (tertiary/aromatic N) is 3. The van der Waals surface area contributed by atoms with Gasteiger partial charge >= 0.3 is 0 Å². The van der Waals surface area contributed by atoms with Crippen LogP contribution in [-0.4, -0.2) is 53.4 Å². The maximum Gasteiger partial charge on any atom is 0.272 e. The number of hydrogen-bond acceptors (Lipinski definition) is 3. The molecule has 1 unspecified atom stereocenters. The van der Waals surface area contributed by atoms with E-state index in [4.69, 9.17) is 11.6 Å². The molecule has 0 N–H and O–H groups in total. The van der Waals surface area contributed by atoms with Gasteiger partial charge in [0.2, 0.25) is 0 Å². The van der Waals surface area contributed by atoms with Crippen molar-refractivity contribution in [2.24, 2.45) is 0 Å². The fourth-order valence-corrected chi connectivity index (χ4v) is 2.51. The van der Waals surface area contributed by atoms with Crippen LogP contribution in [0.3, 0.4) is 0 Å². The van der Waals surface area contributed by atoms with Gasteiger partial charge in [0, 0.05) is 19.1 Å². The van der Waals surface area contributed by atoms with E-state index in [1.54, 1.807) is 18.2 Å². The highest BCUT2D eigenvalue weighted by Gasteiger charge is 2.25. The number of aromatic nitrogens is 1. The molecule has 0 aliphatic carbocycles. The molecule has 4 nitrogen and oxygen atoms in total. The molecule has 0 spiro atoms. The lowest BCUT2D eigenvalue weighted by Crippen LogP contribution is -2.42. The summed E-state index contributed by atoms with van der Waals surface area (Å²) in [7, 11) is 2.09. The molecule has 2 heterocycles. The van der Waals surface area contributed by atoms with Gasteiger partial charge in [0.05, 0.1) is 0 Å². The highest BCUT2D eigenvalue weighted by atomic mass is 35.5. The molecule has 0 saturated carbocycles. The number of pyridine rings is 1. The Morgan fingerprint density at radius 3 is 2.94 bits per heavy atom. The second kappa shape index (κ2) is 5.67. The van der Waals surface area contributed by atoms with E-state index in [1.165, 1.54) is 0 Å². The van der Waals surface area contributed by atoms with Crippen molar-refractivity contribution < 1.29 is 4.79 Å². The summed E-state index contributed by atoms with van der Waals surface area (Å²) < 4.78 is 0. The van der Waals surface area contributed by atoms with Gasteiger partial charge in [-0.1, -0.05) is 17.7 Å². The largest absolute Gasteiger partial charge is 0.333 e. The summed E-state index contributed by atoms with van der Waals surface area (Å²) in [5.41, 5.74) is 0.430. The summed E-state index contributed by atoms with van der Waals surface area (Å²) in [5, 5.41) is 0.362. The lowest BCUT2D eigenvalue weighted by atomic mass is 10.2. The van der Waals surface area contributed by atoms with Crippen molar-refractivity contribution in [3.8, 4) is 0 Å². The van der Waals surface area contributed by atoms with Crippen LogP contribution in [0.15, 0.2) is 18.2 Å². The molecule has 0 aromatic carbocycles. The molecule has 18 heavy (non-hydrogen) atoms. The van der Waals surface area contributed by atoms with Crippen molar-refractivity contribution in [1.82, 2.24) is 14.8 Å². The summed E-state index contributed by atoms with van der Waals surface area (Å²) in [6.07, 6.45) is 0.993. The Labute approximate surface area is 113 Å². The first kappa shape index (κ1) is 13.3. The molecular weight excluding hydrogens is 250 g/mol. The zero-order valence-electron chi connectivity index (χ0n) is 10.8. The van der Waals surface area contributed by atoms with Crippen LogP contribution in [0, 0.1) is 0 Å². The summed E-state index contributed by atoms with van der Waals surface area (Å²) >= 11 is 5.83. The number of likely N-dealkylation sites (N-methyl/N-ethyl adjacent to an activating group) is 1. The summed E-state index contributed by atoms with van der Waals surface area (Å²) in [5.74, 6) is -0.0275. The Morgan fingerprint density at radius 1 is 1.44 bits per heavy atom. The maximum absolute atomic E-state index is 12.4. The van der Waals surface area contributed by atoms with Crippen molar-refractivity contribution >= 4 is 17.5 Å². The standard InChI is InChI=1S/C13H18ClN3O/c1-10-9-16(2)7-4-8-17(10)13(18)11-5-3-6-12(14)15-11/h3,5-6,10H,4,7-9H2,1-2H3. The van der Waals surface area contributed by atoms with Gasteiger partial charge in [-0.2, -0.15) is 0 Å². The van der Waals surface area contributed by atoms with E-state index < -0.39 is 0 Å².